The second kappa shape index (κ2) is 6.18. The van der Waals surface area contributed by atoms with Gasteiger partial charge in [-0.05, 0) is 18.8 Å². The van der Waals surface area contributed by atoms with Gasteiger partial charge in [-0.15, -0.1) is 0 Å². The van der Waals surface area contributed by atoms with Crippen molar-refractivity contribution < 1.29 is 0 Å². The number of hydrogen-bond acceptors (Lipinski definition) is 5. The normalized spacial score (nSPS) is 23.0. The maximum atomic E-state index is 5.57. The summed E-state index contributed by atoms with van der Waals surface area (Å²) in [7, 11) is 2.14. The van der Waals surface area contributed by atoms with Crippen LogP contribution in [-0.4, -0.2) is 23.1 Å². The number of hydrogen-bond donors (Lipinski definition) is 2. The highest BCUT2D eigenvalue weighted by molar-refractivity contribution is 5.49. The first kappa shape index (κ1) is 16.0. The first-order chi connectivity index (χ1) is 9.81. The predicted molar refractivity (Wildman–Crippen MR) is 88.4 cm³/mol. The molecule has 21 heavy (non-hydrogen) atoms. The zero-order valence-electron chi connectivity index (χ0n) is 14.0. The van der Waals surface area contributed by atoms with E-state index >= 15 is 0 Å². The van der Waals surface area contributed by atoms with Crippen LogP contribution in [0.25, 0.3) is 0 Å². The Kier molecular flexibility index (Phi) is 4.71. The standard InChI is InChI=1S/C16H29N5/c1-11-7-6-8-12(9-11)21(5)14-10-13(20-17)18-15(19-14)16(2,3)4/h10-12H,6-9,17H2,1-5H3,(H,18,19,20). The lowest BCUT2D eigenvalue weighted by Gasteiger charge is -2.35. The first-order valence-corrected chi connectivity index (χ1v) is 7.90. The molecule has 1 aliphatic rings. The molecule has 1 fully saturated rings. The summed E-state index contributed by atoms with van der Waals surface area (Å²) in [6, 6.07) is 2.50. The van der Waals surface area contributed by atoms with Crippen molar-refractivity contribution in [3.8, 4) is 0 Å². The van der Waals surface area contributed by atoms with Crippen LogP contribution < -0.4 is 16.2 Å². The van der Waals surface area contributed by atoms with Crippen LogP contribution in [-0.2, 0) is 5.41 Å². The maximum Gasteiger partial charge on any atom is 0.145 e. The molecule has 0 amide bonds. The van der Waals surface area contributed by atoms with Gasteiger partial charge in [0.25, 0.3) is 0 Å². The summed E-state index contributed by atoms with van der Waals surface area (Å²) in [5.74, 6) is 8.83. The Hall–Kier alpha value is -1.36. The minimum atomic E-state index is -0.0949. The highest BCUT2D eigenvalue weighted by Crippen LogP contribution is 2.30. The van der Waals surface area contributed by atoms with Crippen LogP contribution in [0.3, 0.4) is 0 Å². The molecule has 2 unspecified atom stereocenters. The molecule has 1 aliphatic carbocycles. The van der Waals surface area contributed by atoms with Crippen molar-refractivity contribution in [2.45, 2.75) is 64.8 Å². The quantitative estimate of drug-likeness (QED) is 0.662. The zero-order valence-corrected chi connectivity index (χ0v) is 14.0. The molecule has 0 saturated heterocycles. The molecule has 1 aromatic heterocycles. The maximum absolute atomic E-state index is 5.57. The van der Waals surface area contributed by atoms with Gasteiger partial charge >= 0.3 is 0 Å². The highest BCUT2D eigenvalue weighted by atomic mass is 15.3. The molecule has 5 heteroatoms. The third-order valence-electron chi connectivity index (χ3n) is 4.35. The lowest BCUT2D eigenvalue weighted by atomic mass is 9.86. The summed E-state index contributed by atoms with van der Waals surface area (Å²) in [5.41, 5.74) is 2.57. The van der Waals surface area contributed by atoms with Crippen LogP contribution in [0.5, 0.6) is 0 Å². The van der Waals surface area contributed by atoms with Crippen molar-refractivity contribution >= 4 is 11.6 Å². The Bertz CT molecular complexity index is 480. The molecule has 5 nitrogen and oxygen atoms in total. The summed E-state index contributed by atoms with van der Waals surface area (Å²) < 4.78 is 0. The first-order valence-electron chi connectivity index (χ1n) is 7.90. The fourth-order valence-electron chi connectivity index (χ4n) is 2.97. The van der Waals surface area contributed by atoms with Crippen molar-refractivity contribution in [2.75, 3.05) is 17.4 Å². The summed E-state index contributed by atoms with van der Waals surface area (Å²) >= 11 is 0. The van der Waals surface area contributed by atoms with Gasteiger partial charge in [0.1, 0.15) is 17.5 Å². The minimum Gasteiger partial charge on any atom is -0.357 e. The lowest BCUT2D eigenvalue weighted by molar-refractivity contribution is 0.335. The number of nitrogens with two attached hydrogens (primary N) is 1. The molecule has 1 heterocycles. The van der Waals surface area contributed by atoms with E-state index in [0.717, 1.165) is 17.6 Å². The molecule has 2 atom stereocenters. The highest BCUT2D eigenvalue weighted by Gasteiger charge is 2.25. The van der Waals surface area contributed by atoms with Crippen molar-refractivity contribution in [1.82, 2.24) is 9.97 Å². The van der Waals surface area contributed by atoms with E-state index in [1.54, 1.807) is 0 Å². The van der Waals surface area contributed by atoms with Crippen LogP contribution in [0.4, 0.5) is 11.6 Å². The molecule has 0 bridgehead atoms. The van der Waals surface area contributed by atoms with E-state index in [1.807, 2.05) is 6.07 Å². The average molecular weight is 291 g/mol. The van der Waals surface area contributed by atoms with Gasteiger partial charge in [0.05, 0.1) is 0 Å². The van der Waals surface area contributed by atoms with Gasteiger partial charge in [0, 0.05) is 24.6 Å². The van der Waals surface area contributed by atoms with E-state index in [2.05, 4.69) is 50.1 Å². The van der Waals surface area contributed by atoms with Gasteiger partial charge in [-0.3, -0.25) is 0 Å². The van der Waals surface area contributed by atoms with Gasteiger partial charge in [-0.1, -0.05) is 40.5 Å². The summed E-state index contributed by atoms with van der Waals surface area (Å²) in [4.78, 5) is 11.6. The van der Waals surface area contributed by atoms with E-state index in [9.17, 15) is 0 Å². The minimum absolute atomic E-state index is 0.0949. The van der Waals surface area contributed by atoms with Gasteiger partial charge in [-0.2, -0.15) is 0 Å². The number of aromatic nitrogens is 2. The Morgan fingerprint density at radius 1 is 1.29 bits per heavy atom. The molecule has 118 valence electrons. The number of nitrogens with one attached hydrogen (secondary N) is 1. The Morgan fingerprint density at radius 2 is 2.00 bits per heavy atom. The van der Waals surface area contributed by atoms with E-state index in [-0.39, 0.29) is 5.41 Å². The lowest BCUT2D eigenvalue weighted by Crippen LogP contribution is -2.36. The topological polar surface area (TPSA) is 67.1 Å². The third kappa shape index (κ3) is 3.84. The van der Waals surface area contributed by atoms with E-state index < -0.39 is 0 Å². The summed E-state index contributed by atoms with van der Waals surface area (Å²) in [5, 5.41) is 0. The van der Waals surface area contributed by atoms with Crippen LogP contribution in [0.1, 0.15) is 59.2 Å². The Morgan fingerprint density at radius 3 is 2.57 bits per heavy atom. The van der Waals surface area contributed by atoms with Crippen LogP contribution in [0, 0.1) is 5.92 Å². The van der Waals surface area contributed by atoms with Crippen LogP contribution >= 0.6 is 0 Å². The molecule has 0 aliphatic heterocycles. The molecular weight excluding hydrogens is 262 g/mol. The van der Waals surface area contributed by atoms with Crippen molar-refractivity contribution in [1.29, 1.82) is 0 Å². The van der Waals surface area contributed by atoms with Crippen molar-refractivity contribution in [2.24, 2.45) is 11.8 Å². The molecule has 2 rings (SSSR count). The van der Waals surface area contributed by atoms with E-state index in [4.69, 9.17) is 10.8 Å². The fourth-order valence-corrected chi connectivity index (χ4v) is 2.97. The number of hydrazine groups is 1. The largest absolute Gasteiger partial charge is 0.357 e. The van der Waals surface area contributed by atoms with Crippen LogP contribution in [0.2, 0.25) is 0 Å². The summed E-state index contributed by atoms with van der Waals surface area (Å²) in [6.45, 7) is 8.70. The smallest absolute Gasteiger partial charge is 0.145 e. The van der Waals surface area contributed by atoms with Gasteiger partial charge in [-0.25, -0.2) is 15.8 Å². The van der Waals surface area contributed by atoms with Gasteiger partial charge in [0.2, 0.25) is 0 Å². The molecule has 0 aromatic carbocycles. The van der Waals surface area contributed by atoms with Gasteiger partial charge in [0.15, 0.2) is 0 Å². The second-order valence-electron chi connectivity index (χ2n) is 7.37. The Labute approximate surface area is 128 Å². The van der Waals surface area contributed by atoms with E-state index in [0.29, 0.717) is 11.9 Å². The van der Waals surface area contributed by atoms with Crippen molar-refractivity contribution in [3.63, 3.8) is 0 Å². The number of anilines is 2. The summed E-state index contributed by atoms with van der Waals surface area (Å²) in [6.07, 6.45) is 5.12. The van der Waals surface area contributed by atoms with Gasteiger partial charge < -0.3 is 10.3 Å². The molecule has 0 radical (unpaired) electrons. The monoisotopic (exact) mass is 291 g/mol. The zero-order chi connectivity index (χ0) is 15.6. The SMILES string of the molecule is CC1CCCC(N(C)c2cc(NN)nc(C(C)(C)C)n2)C1. The second-order valence-corrected chi connectivity index (χ2v) is 7.37. The third-order valence-corrected chi connectivity index (χ3v) is 4.35. The molecule has 3 N–H and O–H groups in total. The molecule has 0 spiro atoms. The molecular formula is C16H29N5. The molecule has 1 aromatic rings. The van der Waals surface area contributed by atoms with Crippen molar-refractivity contribution in [3.05, 3.63) is 11.9 Å². The number of nitrogen functional groups attached to an aromatic ring is 1. The van der Waals surface area contributed by atoms with Crippen LogP contribution in [0.15, 0.2) is 6.07 Å². The Balaban J connectivity index is 2.29. The predicted octanol–water partition coefficient (Wildman–Crippen LogP) is 3.07. The number of rotatable bonds is 3. The number of nitrogens with zero attached hydrogens (tertiary/aromatic N) is 3. The fraction of sp³-hybridized carbons (Fsp3) is 0.750. The van der Waals surface area contributed by atoms with E-state index in [1.165, 1.54) is 25.7 Å². The average Bonchev–Trinajstić information content (AvgIpc) is 2.45. The molecule has 1 saturated carbocycles.